The summed E-state index contributed by atoms with van der Waals surface area (Å²) >= 11 is 1.43. The van der Waals surface area contributed by atoms with Crippen molar-refractivity contribution in [1.82, 2.24) is 20.1 Å². The van der Waals surface area contributed by atoms with Crippen LogP contribution < -0.4 is 10.6 Å². The average Bonchev–Trinajstić information content (AvgIpc) is 2.92. The highest BCUT2D eigenvalue weighted by Crippen LogP contribution is 2.15. The van der Waals surface area contributed by atoms with Gasteiger partial charge in [-0.3, -0.25) is 15.0 Å². The molecule has 1 aliphatic rings. The second-order valence-corrected chi connectivity index (χ2v) is 6.72. The minimum Gasteiger partial charge on any atom is -0.353 e. The van der Waals surface area contributed by atoms with E-state index in [0.717, 1.165) is 12.1 Å². The quantitative estimate of drug-likeness (QED) is 0.852. The fourth-order valence-corrected chi connectivity index (χ4v) is 2.99. The van der Waals surface area contributed by atoms with Gasteiger partial charge in [-0.15, -0.1) is 11.3 Å². The number of thiazole rings is 1. The number of hydrogen-bond acceptors (Lipinski definition) is 5. The Morgan fingerprint density at radius 3 is 2.61 bits per heavy atom. The van der Waals surface area contributed by atoms with E-state index in [4.69, 9.17) is 0 Å². The summed E-state index contributed by atoms with van der Waals surface area (Å²) in [4.78, 5) is 32.1. The zero-order valence-electron chi connectivity index (χ0n) is 14.0. The van der Waals surface area contributed by atoms with Crippen molar-refractivity contribution >= 4 is 28.4 Å². The van der Waals surface area contributed by atoms with Crippen molar-refractivity contribution in [3.8, 4) is 0 Å². The number of urea groups is 1. The Morgan fingerprint density at radius 1 is 1.35 bits per heavy atom. The molecule has 1 fully saturated rings. The Balaban J connectivity index is 1.73. The zero-order valence-corrected chi connectivity index (χ0v) is 14.8. The number of nitrogens with one attached hydrogen (secondary N) is 2. The predicted molar refractivity (Wildman–Crippen MR) is 91.8 cm³/mol. The number of aromatic nitrogens is 1. The maximum absolute atomic E-state index is 12.2. The number of hydrogen-bond donors (Lipinski definition) is 2. The molecule has 0 aromatic carbocycles. The van der Waals surface area contributed by atoms with Gasteiger partial charge in [0.15, 0.2) is 5.13 Å². The van der Waals surface area contributed by atoms with Gasteiger partial charge in [0.1, 0.15) is 0 Å². The SMILES string of the molecule is CCC(C)NC(=O)CN1CCN(C(=O)Nc2nc(C)cs2)CC1. The smallest absolute Gasteiger partial charge is 0.323 e. The van der Waals surface area contributed by atoms with E-state index in [0.29, 0.717) is 37.9 Å². The number of carbonyl (C=O) groups is 2. The molecule has 3 amide bonds. The molecule has 128 valence electrons. The molecule has 1 aliphatic heterocycles. The van der Waals surface area contributed by atoms with E-state index in [2.05, 4.69) is 20.5 Å². The van der Waals surface area contributed by atoms with Crippen LogP contribution in [0.15, 0.2) is 5.38 Å². The molecular formula is C15H25N5O2S. The minimum atomic E-state index is -0.122. The Bertz CT molecular complexity index is 540. The molecule has 1 atom stereocenters. The van der Waals surface area contributed by atoms with Crippen LogP contribution in [0.25, 0.3) is 0 Å². The van der Waals surface area contributed by atoms with Gasteiger partial charge in [-0.2, -0.15) is 0 Å². The summed E-state index contributed by atoms with van der Waals surface area (Å²) < 4.78 is 0. The average molecular weight is 339 g/mol. The fourth-order valence-electron chi connectivity index (χ4n) is 2.32. The summed E-state index contributed by atoms with van der Waals surface area (Å²) in [5.74, 6) is 0.0514. The van der Waals surface area contributed by atoms with Crippen LogP contribution >= 0.6 is 11.3 Å². The molecule has 2 rings (SSSR count). The molecule has 1 saturated heterocycles. The maximum Gasteiger partial charge on any atom is 0.323 e. The van der Waals surface area contributed by atoms with Gasteiger partial charge >= 0.3 is 6.03 Å². The van der Waals surface area contributed by atoms with Crippen molar-refractivity contribution in [1.29, 1.82) is 0 Å². The summed E-state index contributed by atoms with van der Waals surface area (Å²) in [6, 6.07) is 0.0828. The number of anilines is 1. The Hall–Kier alpha value is -1.67. The lowest BCUT2D eigenvalue weighted by Gasteiger charge is -2.34. The predicted octanol–water partition coefficient (Wildman–Crippen LogP) is 1.52. The molecule has 8 heteroatoms. The van der Waals surface area contributed by atoms with Crippen molar-refractivity contribution in [2.75, 3.05) is 38.0 Å². The van der Waals surface area contributed by atoms with Crippen LogP contribution in [0.4, 0.5) is 9.93 Å². The Morgan fingerprint density at radius 2 is 2.04 bits per heavy atom. The summed E-state index contributed by atoms with van der Waals surface area (Å²) in [5, 5.41) is 8.32. The Kier molecular flexibility index (Phi) is 6.35. The second kappa shape index (κ2) is 8.26. The number of piperazine rings is 1. The van der Waals surface area contributed by atoms with E-state index in [-0.39, 0.29) is 18.0 Å². The van der Waals surface area contributed by atoms with Crippen LogP contribution in [0, 0.1) is 6.92 Å². The van der Waals surface area contributed by atoms with E-state index in [9.17, 15) is 9.59 Å². The van der Waals surface area contributed by atoms with Gasteiger partial charge in [0.2, 0.25) is 5.91 Å². The monoisotopic (exact) mass is 339 g/mol. The third-order valence-corrected chi connectivity index (χ3v) is 4.75. The van der Waals surface area contributed by atoms with Gasteiger partial charge in [0.05, 0.1) is 12.2 Å². The van der Waals surface area contributed by atoms with Gasteiger partial charge in [0, 0.05) is 37.6 Å². The number of nitrogens with zero attached hydrogens (tertiary/aromatic N) is 3. The molecule has 2 heterocycles. The van der Waals surface area contributed by atoms with Gasteiger partial charge in [-0.1, -0.05) is 6.92 Å². The normalized spacial score (nSPS) is 16.9. The maximum atomic E-state index is 12.2. The summed E-state index contributed by atoms with van der Waals surface area (Å²) in [6.07, 6.45) is 0.927. The number of aryl methyl sites for hydroxylation is 1. The molecule has 0 bridgehead atoms. The van der Waals surface area contributed by atoms with Crippen LogP contribution in [0.5, 0.6) is 0 Å². The van der Waals surface area contributed by atoms with Gasteiger partial charge < -0.3 is 10.2 Å². The molecule has 0 aliphatic carbocycles. The standard InChI is InChI=1S/C15H25N5O2S/c1-4-11(2)16-13(21)9-19-5-7-20(8-6-19)15(22)18-14-17-12(3)10-23-14/h10-11H,4-9H2,1-3H3,(H,16,21)(H,17,18,22). The minimum absolute atomic E-state index is 0.0514. The number of carbonyl (C=O) groups excluding carboxylic acids is 2. The van der Waals surface area contributed by atoms with Gasteiger partial charge in [0.25, 0.3) is 0 Å². The first-order chi connectivity index (χ1) is 11.0. The van der Waals surface area contributed by atoms with Crippen LogP contribution in [-0.4, -0.2) is 65.5 Å². The van der Waals surface area contributed by atoms with Crippen molar-refractivity contribution in [3.05, 3.63) is 11.1 Å². The van der Waals surface area contributed by atoms with E-state index in [1.54, 1.807) is 4.90 Å². The van der Waals surface area contributed by atoms with E-state index in [1.165, 1.54) is 11.3 Å². The van der Waals surface area contributed by atoms with Crippen LogP contribution in [0.3, 0.4) is 0 Å². The molecule has 0 spiro atoms. The van der Waals surface area contributed by atoms with Gasteiger partial charge in [-0.25, -0.2) is 9.78 Å². The van der Waals surface area contributed by atoms with Crippen molar-refractivity contribution in [2.45, 2.75) is 33.2 Å². The second-order valence-electron chi connectivity index (χ2n) is 5.86. The third-order valence-electron chi connectivity index (χ3n) is 3.88. The molecule has 1 unspecified atom stereocenters. The first-order valence-corrected chi connectivity index (χ1v) is 8.85. The van der Waals surface area contributed by atoms with Crippen molar-refractivity contribution in [3.63, 3.8) is 0 Å². The first-order valence-electron chi connectivity index (χ1n) is 7.97. The lowest BCUT2D eigenvalue weighted by atomic mass is 10.2. The zero-order chi connectivity index (χ0) is 16.8. The van der Waals surface area contributed by atoms with Crippen LogP contribution in [-0.2, 0) is 4.79 Å². The molecule has 0 radical (unpaired) electrons. The largest absolute Gasteiger partial charge is 0.353 e. The van der Waals surface area contributed by atoms with E-state index < -0.39 is 0 Å². The van der Waals surface area contributed by atoms with E-state index in [1.807, 2.05) is 26.2 Å². The molecular weight excluding hydrogens is 314 g/mol. The van der Waals surface area contributed by atoms with E-state index >= 15 is 0 Å². The molecule has 23 heavy (non-hydrogen) atoms. The molecule has 1 aromatic heterocycles. The fraction of sp³-hybridized carbons (Fsp3) is 0.667. The summed E-state index contributed by atoms with van der Waals surface area (Å²) in [6.45, 7) is 8.99. The molecule has 0 saturated carbocycles. The first kappa shape index (κ1) is 17.7. The number of amides is 3. The lowest BCUT2D eigenvalue weighted by molar-refractivity contribution is -0.123. The lowest BCUT2D eigenvalue weighted by Crippen LogP contribution is -2.52. The summed E-state index contributed by atoms with van der Waals surface area (Å²) in [7, 11) is 0. The van der Waals surface area contributed by atoms with Crippen molar-refractivity contribution in [2.24, 2.45) is 0 Å². The number of rotatable bonds is 5. The highest BCUT2D eigenvalue weighted by molar-refractivity contribution is 7.13. The van der Waals surface area contributed by atoms with Crippen molar-refractivity contribution < 1.29 is 9.59 Å². The van der Waals surface area contributed by atoms with Crippen LogP contribution in [0.1, 0.15) is 26.0 Å². The third kappa shape index (κ3) is 5.47. The van der Waals surface area contributed by atoms with Crippen LogP contribution in [0.2, 0.25) is 0 Å². The van der Waals surface area contributed by atoms with Gasteiger partial charge in [-0.05, 0) is 20.3 Å². The highest BCUT2D eigenvalue weighted by Gasteiger charge is 2.23. The topological polar surface area (TPSA) is 77.6 Å². The highest BCUT2D eigenvalue weighted by atomic mass is 32.1. The summed E-state index contributed by atoms with van der Waals surface area (Å²) in [5.41, 5.74) is 0.905. The molecule has 7 nitrogen and oxygen atoms in total. The Labute approximate surface area is 141 Å². The molecule has 1 aromatic rings. The molecule has 2 N–H and O–H groups in total.